The molecule has 3 rings (SSSR count). The highest BCUT2D eigenvalue weighted by Gasteiger charge is 2.12. The summed E-state index contributed by atoms with van der Waals surface area (Å²) in [4.78, 5) is 0. The van der Waals surface area contributed by atoms with Gasteiger partial charge in [0.2, 0.25) is 0 Å². The molecule has 1 aromatic heterocycles. The van der Waals surface area contributed by atoms with Crippen molar-refractivity contribution in [3.63, 3.8) is 0 Å². The van der Waals surface area contributed by atoms with E-state index < -0.39 is 0 Å². The third-order valence-electron chi connectivity index (χ3n) is 3.85. The van der Waals surface area contributed by atoms with Gasteiger partial charge < -0.3 is 5.73 Å². The van der Waals surface area contributed by atoms with Gasteiger partial charge in [0.15, 0.2) is 0 Å². The number of halogens is 1. The fourth-order valence-corrected chi connectivity index (χ4v) is 2.60. The molecule has 2 aromatic carbocycles. The van der Waals surface area contributed by atoms with Gasteiger partial charge >= 0.3 is 0 Å². The summed E-state index contributed by atoms with van der Waals surface area (Å²) in [6, 6.07) is 16.7. The summed E-state index contributed by atoms with van der Waals surface area (Å²) in [5.41, 5.74) is 9.90. The summed E-state index contributed by atoms with van der Waals surface area (Å²) in [5.74, 6) is -0.237. The molecule has 2 N–H and O–H groups in total. The van der Waals surface area contributed by atoms with Crippen molar-refractivity contribution >= 4 is 0 Å². The van der Waals surface area contributed by atoms with Gasteiger partial charge in [0.05, 0.1) is 17.9 Å². The van der Waals surface area contributed by atoms with Gasteiger partial charge in [-0.25, -0.2) is 9.07 Å². The third kappa shape index (κ3) is 3.81. The standard InChI is InChI=1S/C18H19FN4/c19-16-9-6-15(7-10-16)13-23-18(17(12-20)21-22-23)11-8-14-4-2-1-3-5-14/h1-7,9-10H,8,11-13,20H2. The fourth-order valence-electron chi connectivity index (χ4n) is 2.60. The second-order valence-electron chi connectivity index (χ2n) is 5.46. The Morgan fingerprint density at radius 3 is 2.35 bits per heavy atom. The summed E-state index contributed by atoms with van der Waals surface area (Å²) < 4.78 is 14.9. The van der Waals surface area contributed by atoms with Crippen molar-refractivity contribution in [3.05, 3.63) is 82.9 Å². The lowest BCUT2D eigenvalue weighted by molar-refractivity contribution is 0.608. The van der Waals surface area contributed by atoms with Gasteiger partial charge in [-0.2, -0.15) is 0 Å². The normalized spacial score (nSPS) is 10.9. The minimum absolute atomic E-state index is 0.237. The molecule has 118 valence electrons. The first kappa shape index (κ1) is 15.4. The van der Waals surface area contributed by atoms with Gasteiger partial charge in [-0.3, -0.25) is 0 Å². The Hall–Kier alpha value is -2.53. The van der Waals surface area contributed by atoms with Crippen LogP contribution < -0.4 is 5.73 Å². The van der Waals surface area contributed by atoms with Crippen LogP contribution in [0.1, 0.15) is 22.5 Å². The highest BCUT2D eigenvalue weighted by atomic mass is 19.1. The van der Waals surface area contributed by atoms with Crippen LogP contribution in [-0.4, -0.2) is 15.0 Å². The molecule has 0 amide bonds. The highest BCUT2D eigenvalue weighted by molar-refractivity contribution is 5.20. The second-order valence-corrected chi connectivity index (χ2v) is 5.46. The highest BCUT2D eigenvalue weighted by Crippen LogP contribution is 2.13. The molecule has 0 aliphatic heterocycles. The summed E-state index contributed by atoms with van der Waals surface area (Å²) in [7, 11) is 0. The third-order valence-corrected chi connectivity index (χ3v) is 3.85. The van der Waals surface area contributed by atoms with E-state index in [1.165, 1.54) is 17.7 Å². The minimum Gasteiger partial charge on any atom is -0.325 e. The van der Waals surface area contributed by atoms with Crippen LogP contribution in [0.25, 0.3) is 0 Å². The molecule has 3 aromatic rings. The Bertz CT molecular complexity index is 750. The van der Waals surface area contributed by atoms with Crippen molar-refractivity contribution in [2.24, 2.45) is 5.73 Å². The van der Waals surface area contributed by atoms with Gasteiger partial charge in [-0.1, -0.05) is 47.7 Å². The molecular weight excluding hydrogens is 291 g/mol. The summed E-state index contributed by atoms with van der Waals surface area (Å²) in [5, 5.41) is 8.38. The smallest absolute Gasteiger partial charge is 0.123 e. The summed E-state index contributed by atoms with van der Waals surface area (Å²) in [6.07, 6.45) is 1.73. The summed E-state index contributed by atoms with van der Waals surface area (Å²) in [6.45, 7) is 0.935. The fraction of sp³-hybridized carbons (Fsp3) is 0.222. The van der Waals surface area contributed by atoms with Gasteiger partial charge in [0.25, 0.3) is 0 Å². The van der Waals surface area contributed by atoms with Crippen LogP contribution in [-0.2, 0) is 25.9 Å². The molecular formula is C18H19FN4. The lowest BCUT2D eigenvalue weighted by atomic mass is 10.1. The first-order valence-corrected chi connectivity index (χ1v) is 7.66. The van der Waals surface area contributed by atoms with Crippen molar-refractivity contribution in [1.82, 2.24) is 15.0 Å². The molecule has 0 saturated carbocycles. The Balaban J connectivity index is 1.78. The van der Waals surface area contributed by atoms with E-state index in [1.54, 1.807) is 12.1 Å². The summed E-state index contributed by atoms with van der Waals surface area (Å²) >= 11 is 0. The zero-order valence-electron chi connectivity index (χ0n) is 12.8. The van der Waals surface area contributed by atoms with Gasteiger partial charge in [0, 0.05) is 6.54 Å². The number of aryl methyl sites for hydroxylation is 1. The molecule has 4 nitrogen and oxygen atoms in total. The van der Waals surface area contributed by atoms with Crippen molar-refractivity contribution < 1.29 is 4.39 Å². The first-order valence-electron chi connectivity index (χ1n) is 7.66. The molecule has 23 heavy (non-hydrogen) atoms. The number of aromatic nitrogens is 3. The Morgan fingerprint density at radius 1 is 0.913 bits per heavy atom. The zero-order chi connectivity index (χ0) is 16.1. The number of nitrogens with two attached hydrogens (primary N) is 1. The number of hydrogen-bond acceptors (Lipinski definition) is 3. The van der Waals surface area contributed by atoms with Crippen molar-refractivity contribution in [1.29, 1.82) is 0 Å². The van der Waals surface area contributed by atoms with Crippen LogP contribution in [0.3, 0.4) is 0 Å². The molecule has 0 saturated heterocycles. The molecule has 0 spiro atoms. The van der Waals surface area contributed by atoms with E-state index in [0.29, 0.717) is 13.1 Å². The predicted molar refractivity (Wildman–Crippen MR) is 87.3 cm³/mol. The van der Waals surface area contributed by atoms with Crippen LogP contribution >= 0.6 is 0 Å². The number of nitrogens with zero attached hydrogens (tertiary/aromatic N) is 3. The molecule has 0 bridgehead atoms. The number of hydrogen-bond donors (Lipinski definition) is 1. The average molecular weight is 310 g/mol. The first-order chi connectivity index (χ1) is 11.3. The average Bonchev–Trinajstić information content (AvgIpc) is 2.98. The van der Waals surface area contributed by atoms with E-state index in [0.717, 1.165) is 29.8 Å². The Labute approximate surface area is 134 Å². The quantitative estimate of drug-likeness (QED) is 0.761. The minimum atomic E-state index is -0.237. The van der Waals surface area contributed by atoms with Crippen molar-refractivity contribution in [2.75, 3.05) is 0 Å². The van der Waals surface area contributed by atoms with E-state index in [-0.39, 0.29) is 5.82 Å². The largest absolute Gasteiger partial charge is 0.325 e. The van der Waals surface area contributed by atoms with Crippen LogP contribution in [0, 0.1) is 5.82 Å². The van der Waals surface area contributed by atoms with Gasteiger partial charge in [-0.15, -0.1) is 5.10 Å². The van der Waals surface area contributed by atoms with E-state index in [9.17, 15) is 4.39 Å². The lowest BCUT2D eigenvalue weighted by Crippen LogP contribution is -2.10. The lowest BCUT2D eigenvalue weighted by Gasteiger charge is -2.08. The maximum Gasteiger partial charge on any atom is 0.123 e. The van der Waals surface area contributed by atoms with E-state index in [4.69, 9.17) is 5.73 Å². The molecule has 0 radical (unpaired) electrons. The van der Waals surface area contributed by atoms with Crippen LogP contribution in [0.4, 0.5) is 4.39 Å². The zero-order valence-corrected chi connectivity index (χ0v) is 12.8. The van der Waals surface area contributed by atoms with Crippen LogP contribution in [0.2, 0.25) is 0 Å². The maximum absolute atomic E-state index is 13.0. The van der Waals surface area contributed by atoms with Crippen LogP contribution in [0.15, 0.2) is 54.6 Å². The van der Waals surface area contributed by atoms with Crippen molar-refractivity contribution in [3.8, 4) is 0 Å². The maximum atomic E-state index is 13.0. The number of benzene rings is 2. The van der Waals surface area contributed by atoms with Crippen molar-refractivity contribution in [2.45, 2.75) is 25.9 Å². The van der Waals surface area contributed by atoms with E-state index in [1.807, 2.05) is 22.9 Å². The topological polar surface area (TPSA) is 56.7 Å². The molecule has 0 fully saturated rings. The van der Waals surface area contributed by atoms with E-state index >= 15 is 0 Å². The molecule has 0 aliphatic carbocycles. The Kier molecular flexibility index (Phi) is 4.78. The predicted octanol–water partition coefficient (Wildman–Crippen LogP) is 2.71. The van der Waals surface area contributed by atoms with Gasteiger partial charge in [0.1, 0.15) is 5.82 Å². The van der Waals surface area contributed by atoms with E-state index in [2.05, 4.69) is 22.4 Å². The molecule has 0 atom stereocenters. The Morgan fingerprint density at radius 2 is 1.65 bits per heavy atom. The monoisotopic (exact) mass is 310 g/mol. The number of rotatable bonds is 6. The molecule has 1 heterocycles. The SMILES string of the molecule is NCc1nnn(Cc2ccc(F)cc2)c1CCc1ccccc1. The molecule has 5 heteroatoms. The second kappa shape index (κ2) is 7.15. The van der Waals surface area contributed by atoms with Gasteiger partial charge in [-0.05, 0) is 36.1 Å². The molecule has 0 aliphatic rings. The molecule has 0 unspecified atom stereocenters. The van der Waals surface area contributed by atoms with Crippen LogP contribution in [0.5, 0.6) is 0 Å².